The van der Waals surface area contributed by atoms with Crippen LogP contribution in [-0.2, 0) is 6.54 Å². The van der Waals surface area contributed by atoms with Crippen LogP contribution in [0.5, 0.6) is 5.75 Å². The summed E-state index contributed by atoms with van der Waals surface area (Å²) in [4.78, 5) is 2.44. The van der Waals surface area contributed by atoms with Crippen molar-refractivity contribution in [1.29, 1.82) is 0 Å². The molecule has 3 heteroatoms. The summed E-state index contributed by atoms with van der Waals surface area (Å²) >= 11 is 0. The van der Waals surface area contributed by atoms with Crippen LogP contribution in [0.25, 0.3) is 0 Å². The van der Waals surface area contributed by atoms with Crippen LogP contribution in [0.3, 0.4) is 0 Å². The predicted molar refractivity (Wildman–Crippen MR) is 74.8 cm³/mol. The van der Waals surface area contributed by atoms with E-state index in [1.54, 1.807) is 0 Å². The second kappa shape index (κ2) is 6.21. The van der Waals surface area contributed by atoms with Gasteiger partial charge in [0.25, 0.3) is 0 Å². The van der Waals surface area contributed by atoms with Crippen LogP contribution >= 0.6 is 0 Å². The van der Waals surface area contributed by atoms with E-state index in [1.807, 2.05) is 12.1 Å². The summed E-state index contributed by atoms with van der Waals surface area (Å²) in [6.07, 6.45) is 3.75. The minimum Gasteiger partial charge on any atom is -0.493 e. The SMILES string of the molecule is Cc1cc(CN)ccc1OCCC1CCCN1C. The molecular weight excluding hydrogens is 224 g/mol. The topological polar surface area (TPSA) is 38.5 Å². The van der Waals surface area contributed by atoms with E-state index in [0.717, 1.165) is 24.3 Å². The highest BCUT2D eigenvalue weighted by atomic mass is 16.5. The molecule has 100 valence electrons. The highest BCUT2D eigenvalue weighted by molar-refractivity contribution is 5.36. The second-order valence-electron chi connectivity index (χ2n) is 5.22. The van der Waals surface area contributed by atoms with Crippen molar-refractivity contribution in [2.45, 2.75) is 38.8 Å². The molecule has 0 saturated carbocycles. The molecule has 3 nitrogen and oxygen atoms in total. The Morgan fingerprint density at radius 2 is 2.28 bits per heavy atom. The number of rotatable bonds is 5. The van der Waals surface area contributed by atoms with Crippen LogP contribution in [0.1, 0.15) is 30.4 Å². The fourth-order valence-corrected chi connectivity index (χ4v) is 2.65. The van der Waals surface area contributed by atoms with Gasteiger partial charge in [0.05, 0.1) is 6.61 Å². The molecule has 0 aliphatic carbocycles. The Bertz CT molecular complexity index is 392. The summed E-state index contributed by atoms with van der Waals surface area (Å²) in [6.45, 7) is 4.71. The Hall–Kier alpha value is -1.06. The molecule has 0 radical (unpaired) electrons. The van der Waals surface area contributed by atoms with Gasteiger partial charge in [-0.1, -0.05) is 12.1 Å². The first-order chi connectivity index (χ1) is 8.70. The van der Waals surface area contributed by atoms with Gasteiger partial charge in [-0.25, -0.2) is 0 Å². The molecule has 1 fully saturated rings. The zero-order chi connectivity index (χ0) is 13.0. The number of hydrogen-bond donors (Lipinski definition) is 1. The van der Waals surface area contributed by atoms with Gasteiger partial charge in [-0.05, 0) is 57.0 Å². The fraction of sp³-hybridized carbons (Fsp3) is 0.600. The van der Waals surface area contributed by atoms with E-state index in [-0.39, 0.29) is 0 Å². The highest BCUT2D eigenvalue weighted by Crippen LogP contribution is 2.21. The van der Waals surface area contributed by atoms with Gasteiger partial charge in [0.15, 0.2) is 0 Å². The monoisotopic (exact) mass is 248 g/mol. The molecule has 1 atom stereocenters. The predicted octanol–water partition coefficient (Wildman–Crippen LogP) is 2.32. The number of ether oxygens (including phenoxy) is 1. The molecular formula is C15H24N2O. The van der Waals surface area contributed by atoms with Crippen LogP contribution < -0.4 is 10.5 Å². The average Bonchev–Trinajstić information content (AvgIpc) is 2.77. The zero-order valence-electron chi connectivity index (χ0n) is 11.5. The Morgan fingerprint density at radius 3 is 2.89 bits per heavy atom. The number of aryl methyl sites for hydroxylation is 1. The molecule has 1 saturated heterocycles. The Kier molecular flexibility index (Phi) is 4.61. The first-order valence-electron chi connectivity index (χ1n) is 6.83. The minimum absolute atomic E-state index is 0.591. The van der Waals surface area contributed by atoms with Gasteiger partial charge in [0.1, 0.15) is 5.75 Å². The summed E-state index contributed by atoms with van der Waals surface area (Å²) in [5.41, 5.74) is 7.96. The van der Waals surface area contributed by atoms with Gasteiger partial charge < -0.3 is 15.4 Å². The van der Waals surface area contributed by atoms with Crippen molar-refractivity contribution >= 4 is 0 Å². The van der Waals surface area contributed by atoms with E-state index in [4.69, 9.17) is 10.5 Å². The van der Waals surface area contributed by atoms with E-state index in [1.165, 1.54) is 24.9 Å². The third kappa shape index (κ3) is 3.24. The standard InChI is InChI=1S/C15H24N2O/c1-12-10-13(11-16)5-6-15(12)18-9-7-14-4-3-8-17(14)2/h5-6,10,14H,3-4,7-9,11,16H2,1-2H3. The summed E-state index contributed by atoms with van der Waals surface area (Å²) in [6, 6.07) is 6.89. The summed E-state index contributed by atoms with van der Waals surface area (Å²) in [7, 11) is 2.21. The summed E-state index contributed by atoms with van der Waals surface area (Å²) in [5, 5.41) is 0. The lowest BCUT2D eigenvalue weighted by Gasteiger charge is -2.19. The molecule has 0 aromatic heterocycles. The van der Waals surface area contributed by atoms with Crippen molar-refractivity contribution in [2.24, 2.45) is 5.73 Å². The maximum absolute atomic E-state index is 5.88. The van der Waals surface area contributed by atoms with Crippen LogP contribution in [0.15, 0.2) is 18.2 Å². The summed E-state index contributed by atoms with van der Waals surface area (Å²) < 4.78 is 5.88. The van der Waals surface area contributed by atoms with Gasteiger partial charge in [-0.15, -0.1) is 0 Å². The van der Waals surface area contributed by atoms with Gasteiger partial charge >= 0.3 is 0 Å². The van der Waals surface area contributed by atoms with Crippen LogP contribution in [-0.4, -0.2) is 31.1 Å². The van der Waals surface area contributed by atoms with Crippen LogP contribution in [0.4, 0.5) is 0 Å². The molecule has 1 unspecified atom stereocenters. The van der Waals surface area contributed by atoms with E-state index in [2.05, 4.69) is 24.9 Å². The van der Waals surface area contributed by atoms with Gasteiger partial charge in [0, 0.05) is 12.6 Å². The number of nitrogens with two attached hydrogens (primary N) is 1. The fourth-order valence-electron chi connectivity index (χ4n) is 2.65. The molecule has 1 heterocycles. The van der Waals surface area contributed by atoms with Crippen molar-refractivity contribution in [3.63, 3.8) is 0 Å². The molecule has 0 bridgehead atoms. The molecule has 0 spiro atoms. The van der Waals surface area contributed by atoms with Gasteiger partial charge in [-0.2, -0.15) is 0 Å². The third-order valence-corrected chi connectivity index (χ3v) is 3.86. The van der Waals surface area contributed by atoms with E-state index in [9.17, 15) is 0 Å². The molecule has 2 rings (SSSR count). The number of nitrogens with zero attached hydrogens (tertiary/aromatic N) is 1. The third-order valence-electron chi connectivity index (χ3n) is 3.86. The average molecular weight is 248 g/mol. The Labute approximate surface area is 110 Å². The first kappa shape index (κ1) is 13.4. The second-order valence-corrected chi connectivity index (χ2v) is 5.22. The van der Waals surface area contributed by atoms with Gasteiger partial charge in [-0.3, -0.25) is 0 Å². The van der Waals surface area contributed by atoms with Gasteiger partial charge in [0.2, 0.25) is 0 Å². The Balaban J connectivity index is 1.83. The lowest BCUT2D eigenvalue weighted by Crippen LogP contribution is -2.26. The van der Waals surface area contributed by atoms with E-state index >= 15 is 0 Å². The van der Waals surface area contributed by atoms with Crippen molar-refractivity contribution in [1.82, 2.24) is 4.90 Å². The van der Waals surface area contributed by atoms with Crippen molar-refractivity contribution in [3.8, 4) is 5.75 Å². The van der Waals surface area contributed by atoms with Crippen LogP contribution in [0.2, 0.25) is 0 Å². The largest absolute Gasteiger partial charge is 0.493 e. The maximum atomic E-state index is 5.88. The molecule has 0 amide bonds. The normalized spacial score (nSPS) is 20.3. The smallest absolute Gasteiger partial charge is 0.122 e. The highest BCUT2D eigenvalue weighted by Gasteiger charge is 2.20. The van der Waals surface area contributed by atoms with Crippen molar-refractivity contribution < 1.29 is 4.74 Å². The maximum Gasteiger partial charge on any atom is 0.122 e. The zero-order valence-corrected chi connectivity index (χ0v) is 11.5. The van der Waals surface area contributed by atoms with E-state index < -0.39 is 0 Å². The minimum atomic E-state index is 0.591. The number of benzene rings is 1. The molecule has 1 aliphatic rings. The molecule has 18 heavy (non-hydrogen) atoms. The quantitative estimate of drug-likeness (QED) is 0.869. The first-order valence-corrected chi connectivity index (χ1v) is 6.83. The number of likely N-dealkylation sites (tertiary alicyclic amines) is 1. The lowest BCUT2D eigenvalue weighted by molar-refractivity contribution is 0.232. The van der Waals surface area contributed by atoms with Crippen LogP contribution in [0, 0.1) is 6.92 Å². The van der Waals surface area contributed by atoms with Crippen molar-refractivity contribution in [2.75, 3.05) is 20.2 Å². The molecule has 2 N–H and O–H groups in total. The lowest BCUT2D eigenvalue weighted by atomic mass is 10.1. The molecule has 1 aliphatic heterocycles. The number of hydrogen-bond acceptors (Lipinski definition) is 3. The Morgan fingerprint density at radius 1 is 1.44 bits per heavy atom. The van der Waals surface area contributed by atoms with Crippen molar-refractivity contribution in [3.05, 3.63) is 29.3 Å². The molecule has 1 aromatic carbocycles. The molecule has 1 aromatic rings. The summed E-state index contributed by atoms with van der Waals surface area (Å²) in [5.74, 6) is 0.993. The van der Waals surface area contributed by atoms with E-state index in [0.29, 0.717) is 12.6 Å².